The van der Waals surface area contributed by atoms with Gasteiger partial charge in [0.2, 0.25) is 5.79 Å². The molecule has 3 heterocycles. The number of hydrogen-bond donors (Lipinski definition) is 1. The van der Waals surface area contributed by atoms with Crippen LogP contribution in [0.4, 0.5) is 0 Å². The van der Waals surface area contributed by atoms with Crippen LogP contribution in [0.15, 0.2) is 67.0 Å². The van der Waals surface area contributed by atoms with Crippen molar-refractivity contribution < 1.29 is 71.8 Å². The van der Waals surface area contributed by atoms with Crippen LogP contribution in [0.5, 0.6) is 0 Å². The Kier molecular flexibility index (Phi) is 12.1. The third-order valence-corrected chi connectivity index (χ3v) is 10.9. The summed E-state index contributed by atoms with van der Waals surface area (Å²) in [5.41, 5.74) is -4.51. The number of aliphatic hydroxyl groups is 1. The molecule has 1 N–H and O–H groups in total. The molecular weight excluding hydrogens is 746 g/mol. The number of nitrogens with zero attached hydrogens (tertiary/aromatic N) is 1. The summed E-state index contributed by atoms with van der Waals surface area (Å²) >= 11 is 0. The fourth-order valence-corrected chi connectivity index (χ4v) is 8.48. The first kappa shape index (κ1) is 42.7. The molecule has 16 nitrogen and oxygen atoms in total. The van der Waals surface area contributed by atoms with Crippen molar-refractivity contribution in [2.75, 3.05) is 0 Å². The van der Waals surface area contributed by atoms with Gasteiger partial charge in [-0.05, 0) is 36.6 Å². The third kappa shape index (κ3) is 7.92. The summed E-state index contributed by atoms with van der Waals surface area (Å²) in [6.07, 6.45) is -8.16. The van der Waals surface area contributed by atoms with Gasteiger partial charge in [-0.25, -0.2) is 9.59 Å². The fourth-order valence-electron chi connectivity index (χ4n) is 8.48. The van der Waals surface area contributed by atoms with Crippen molar-refractivity contribution in [2.24, 2.45) is 23.2 Å². The lowest BCUT2D eigenvalue weighted by Gasteiger charge is -2.49. The van der Waals surface area contributed by atoms with Crippen molar-refractivity contribution in [2.45, 2.75) is 110 Å². The summed E-state index contributed by atoms with van der Waals surface area (Å²) in [6, 6.07) is 10.5. The lowest BCUT2D eigenvalue weighted by molar-refractivity contribution is -0.333. The molecule has 3 aliphatic rings. The Hall–Kier alpha value is -5.48. The number of carbonyl (C=O) groups is 7. The highest BCUT2D eigenvalue weighted by Gasteiger charge is 2.77. The zero-order chi connectivity index (χ0) is 42.2. The molecule has 2 bridgehead atoms. The highest BCUT2D eigenvalue weighted by Crippen LogP contribution is 2.60. The standard InChI is InChI=1S/C41H47NO15/c1-20-18-40(56-26(7)46)29(31(20)51-23(4)43)32(52-24(5)44)21(2)33(53-25(6)45)34(54-37(48)27-14-11-10-12-15-27)36(55-38(49)28-16-13-17-42-19-28)39(8,9)35-30(47)22(3)41(40,50)57-35/h10-17,19-20,22,29,31-36,50H,2,18H2,1,3-9H3/t20-,22+,29+,31-,32-,33+,34+,35-,36+,40+,41+/m1/s1. The first-order valence-electron chi connectivity index (χ1n) is 18.4. The summed E-state index contributed by atoms with van der Waals surface area (Å²) in [7, 11) is 0. The van der Waals surface area contributed by atoms with Crippen molar-refractivity contribution in [3.05, 3.63) is 78.1 Å². The van der Waals surface area contributed by atoms with E-state index in [2.05, 4.69) is 11.6 Å². The third-order valence-electron chi connectivity index (χ3n) is 10.9. The molecule has 11 atom stereocenters. The molecule has 5 rings (SSSR count). The quantitative estimate of drug-likeness (QED) is 0.230. The average Bonchev–Trinajstić information content (AvgIpc) is 3.55. The van der Waals surface area contributed by atoms with Crippen molar-refractivity contribution in [3.8, 4) is 0 Å². The Balaban J connectivity index is 1.89. The van der Waals surface area contributed by atoms with Crippen LogP contribution in [-0.4, -0.2) is 99.7 Å². The average molecular weight is 794 g/mol. The topological polar surface area (TPSA) is 217 Å². The van der Waals surface area contributed by atoms with Gasteiger partial charge < -0.3 is 38.3 Å². The van der Waals surface area contributed by atoms with Gasteiger partial charge in [-0.3, -0.25) is 29.0 Å². The highest BCUT2D eigenvalue weighted by molar-refractivity contribution is 5.91. The molecule has 16 heteroatoms. The van der Waals surface area contributed by atoms with Crippen LogP contribution in [0.1, 0.15) is 82.5 Å². The predicted octanol–water partition coefficient (Wildman–Crippen LogP) is 3.47. The van der Waals surface area contributed by atoms with Crippen LogP contribution in [0, 0.1) is 23.2 Å². The lowest BCUT2D eigenvalue weighted by atomic mass is 9.68. The predicted molar refractivity (Wildman–Crippen MR) is 194 cm³/mol. The van der Waals surface area contributed by atoms with Crippen molar-refractivity contribution in [3.63, 3.8) is 0 Å². The number of Topliss-reactive ketones (excluding diaryl/α,β-unsaturated/α-hetero) is 1. The van der Waals surface area contributed by atoms with E-state index in [1.807, 2.05) is 0 Å². The SMILES string of the molecule is C=C1[C@@H](OC(C)=O)[C@@H]2[C@H](OC(C)=O)[C@H](C)C[C@@]2(OC(C)=O)[C@@]2(O)O[C@H](C(=O)[C@@H]2C)C(C)(C)[C@@H](OC(=O)c2cccnc2)[C@@H](OC(=O)c2ccccc2)[C@H]1OC(C)=O. The number of hydrogen-bond acceptors (Lipinski definition) is 16. The molecule has 0 amide bonds. The van der Waals surface area contributed by atoms with Crippen LogP contribution in [-0.2, 0) is 57.1 Å². The van der Waals surface area contributed by atoms with Crippen LogP contribution >= 0.6 is 0 Å². The number of ether oxygens (including phenoxy) is 7. The molecule has 1 aliphatic carbocycles. The summed E-state index contributed by atoms with van der Waals surface area (Å²) in [4.78, 5) is 98.8. The molecule has 306 valence electrons. The summed E-state index contributed by atoms with van der Waals surface area (Å²) < 4.78 is 42.5. The molecule has 1 saturated carbocycles. The highest BCUT2D eigenvalue weighted by atomic mass is 16.7. The lowest BCUT2D eigenvalue weighted by Crippen LogP contribution is -2.66. The number of pyridine rings is 1. The van der Waals surface area contributed by atoms with Crippen molar-refractivity contribution in [1.82, 2.24) is 4.98 Å². The van der Waals surface area contributed by atoms with Crippen LogP contribution in [0.25, 0.3) is 0 Å². The molecule has 3 fully saturated rings. The Morgan fingerprint density at radius 1 is 0.772 bits per heavy atom. The molecule has 2 aliphatic heterocycles. The van der Waals surface area contributed by atoms with E-state index in [4.69, 9.17) is 33.2 Å². The molecule has 57 heavy (non-hydrogen) atoms. The van der Waals surface area contributed by atoms with Gasteiger partial charge in [0.05, 0.1) is 23.0 Å². The van der Waals surface area contributed by atoms with E-state index in [1.165, 1.54) is 57.4 Å². The number of carbonyl (C=O) groups excluding carboxylic acids is 7. The maximum absolute atomic E-state index is 14.7. The number of ketones is 1. The van der Waals surface area contributed by atoms with Gasteiger partial charge in [0.25, 0.3) is 0 Å². The Labute approximate surface area is 329 Å². The number of benzene rings is 1. The van der Waals surface area contributed by atoms with Crippen LogP contribution < -0.4 is 0 Å². The van der Waals surface area contributed by atoms with Crippen molar-refractivity contribution in [1.29, 1.82) is 0 Å². The number of aromatic nitrogens is 1. The molecule has 1 aromatic carbocycles. The minimum Gasteiger partial charge on any atom is -0.462 e. The van der Waals surface area contributed by atoms with E-state index >= 15 is 0 Å². The van der Waals surface area contributed by atoms with Crippen LogP contribution in [0.3, 0.4) is 0 Å². The van der Waals surface area contributed by atoms with E-state index in [0.29, 0.717) is 0 Å². The Bertz CT molecular complexity index is 1930. The molecule has 0 spiro atoms. The molecule has 0 radical (unpaired) electrons. The largest absolute Gasteiger partial charge is 0.462 e. The van der Waals surface area contributed by atoms with E-state index in [9.17, 15) is 38.7 Å². The number of rotatable bonds is 8. The summed E-state index contributed by atoms with van der Waals surface area (Å²) in [5.74, 6) is -13.1. The van der Waals surface area contributed by atoms with Gasteiger partial charge in [0, 0.05) is 51.1 Å². The van der Waals surface area contributed by atoms with Gasteiger partial charge in [0.15, 0.2) is 29.7 Å². The van der Waals surface area contributed by atoms with Gasteiger partial charge in [-0.1, -0.05) is 52.5 Å². The molecule has 1 aromatic heterocycles. The molecule has 2 aromatic rings. The second-order valence-electron chi connectivity index (χ2n) is 15.3. The van der Waals surface area contributed by atoms with E-state index < -0.39 is 113 Å². The normalized spacial score (nSPS) is 33.1. The molecule has 2 saturated heterocycles. The minimum absolute atomic E-state index is 0.0234. The van der Waals surface area contributed by atoms with E-state index in [1.54, 1.807) is 25.1 Å². The van der Waals surface area contributed by atoms with Gasteiger partial charge in [0.1, 0.15) is 18.3 Å². The summed E-state index contributed by atoms with van der Waals surface area (Å²) in [6.45, 7) is 14.3. The second kappa shape index (κ2) is 16.2. The van der Waals surface area contributed by atoms with Gasteiger partial charge >= 0.3 is 35.8 Å². The monoisotopic (exact) mass is 793 g/mol. The van der Waals surface area contributed by atoms with Gasteiger partial charge in [-0.15, -0.1) is 0 Å². The van der Waals surface area contributed by atoms with Crippen LogP contribution in [0.2, 0.25) is 0 Å². The summed E-state index contributed by atoms with van der Waals surface area (Å²) in [5, 5.41) is 13.0. The first-order valence-corrected chi connectivity index (χ1v) is 18.4. The second-order valence-corrected chi connectivity index (χ2v) is 15.3. The van der Waals surface area contributed by atoms with E-state index in [-0.39, 0.29) is 23.1 Å². The van der Waals surface area contributed by atoms with Crippen molar-refractivity contribution >= 4 is 41.6 Å². The number of fused-ring (bicyclic) bond motifs is 4. The molecule has 0 unspecified atom stereocenters. The maximum Gasteiger partial charge on any atom is 0.340 e. The maximum atomic E-state index is 14.7. The Morgan fingerprint density at radius 3 is 1.91 bits per heavy atom. The minimum atomic E-state index is -2.75. The first-order chi connectivity index (χ1) is 26.7. The Morgan fingerprint density at radius 2 is 1.35 bits per heavy atom. The fraction of sp³-hybridized carbons (Fsp3) is 0.512. The van der Waals surface area contributed by atoms with Gasteiger partial charge in [-0.2, -0.15) is 0 Å². The zero-order valence-corrected chi connectivity index (χ0v) is 32.9. The van der Waals surface area contributed by atoms with E-state index in [0.717, 1.165) is 27.7 Å². The molecular formula is C41H47NO15. The number of esters is 6. The smallest absolute Gasteiger partial charge is 0.340 e. The zero-order valence-electron chi connectivity index (χ0n) is 32.9.